The fraction of sp³-hybridized carbons (Fsp3) is 0.364. The van der Waals surface area contributed by atoms with Gasteiger partial charge < -0.3 is 10.6 Å². The topological polar surface area (TPSA) is 46.3 Å². The Hall–Kier alpha value is -1.51. The number of amides is 1. The smallest absolute Gasteiger partial charge is 0.254 e. The van der Waals surface area contributed by atoms with Crippen LogP contribution < -0.4 is 5.73 Å². The van der Waals surface area contributed by atoms with Gasteiger partial charge in [-0.3, -0.25) is 4.79 Å². The molecule has 1 aromatic carbocycles. The van der Waals surface area contributed by atoms with E-state index >= 15 is 0 Å². The highest BCUT2D eigenvalue weighted by Crippen LogP contribution is 2.36. The summed E-state index contributed by atoms with van der Waals surface area (Å²) >= 11 is 0. The van der Waals surface area contributed by atoms with Crippen LogP contribution in [0.25, 0.3) is 0 Å². The van der Waals surface area contributed by atoms with E-state index < -0.39 is 0 Å². The lowest BCUT2D eigenvalue weighted by Gasteiger charge is -2.13. The molecule has 0 unspecified atom stereocenters. The van der Waals surface area contributed by atoms with Crippen molar-refractivity contribution < 1.29 is 4.79 Å². The Morgan fingerprint density at radius 1 is 1.36 bits per heavy atom. The molecule has 0 atom stereocenters. The molecule has 3 nitrogen and oxygen atoms in total. The number of rotatable bonds is 1. The summed E-state index contributed by atoms with van der Waals surface area (Å²) in [6.45, 7) is 0.714. The van der Waals surface area contributed by atoms with Crippen LogP contribution in [0, 0.1) is 0 Å². The van der Waals surface area contributed by atoms with Crippen molar-refractivity contribution in [2.45, 2.75) is 25.4 Å². The van der Waals surface area contributed by atoms with Crippen molar-refractivity contribution >= 4 is 11.6 Å². The van der Waals surface area contributed by atoms with Gasteiger partial charge in [-0.15, -0.1) is 0 Å². The Labute approximate surface area is 82.5 Å². The number of benzene rings is 1. The number of fused-ring (bicyclic) bond motifs is 1. The van der Waals surface area contributed by atoms with Gasteiger partial charge in [-0.2, -0.15) is 0 Å². The Morgan fingerprint density at radius 2 is 2.14 bits per heavy atom. The third kappa shape index (κ3) is 0.953. The molecule has 3 rings (SSSR count). The summed E-state index contributed by atoms with van der Waals surface area (Å²) in [6.07, 6.45) is 2.30. The zero-order valence-corrected chi connectivity index (χ0v) is 7.86. The monoisotopic (exact) mass is 188 g/mol. The van der Waals surface area contributed by atoms with Crippen molar-refractivity contribution in [3.05, 3.63) is 29.3 Å². The summed E-state index contributed by atoms with van der Waals surface area (Å²) in [5.41, 5.74) is 8.41. The highest BCUT2D eigenvalue weighted by Gasteiger charge is 2.38. The Bertz CT molecular complexity index is 410. The van der Waals surface area contributed by atoms with E-state index in [-0.39, 0.29) is 5.91 Å². The largest absolute Gasteiger partial charge is 0.398 e. The maximum atomic E-state index is 11.9. The molecule has 3 heteroatoms. The van der Waals surface area contributed by atoms with Crippen LogP contribution in [0.4, 0.5) is 5.69 Å². The van der Waals surface area contributed by atoms with E-state index in [1.165, 1.54) is 0 Å². The quantitative estimate of drug-likeness (QED) is 0.677. The number of carbonyl (C=O) groups is 1. The van der Waals surface area contributed by atoms with Crippen molar-refractivity contribution in [2.24, 2.45) is 0 Å². The van der Waals surface area contributed by atoms with Crippen molar-refractivity contribution in [3.63, 3.8) is 0 Å². The molecule has 1 aliphatic heterocycles. The molecule has 0 bridgehead atoms. The van der Waals surface area contributed by atoms with Crippen LogP contribution in [0.15, 0.2) is 18.2 Å². The summed E-state index contributed by atoms with van der Waals surface area (Å²) in [7, 11) is 0. The Morgan fingerprint density at radius 3 is 2.79 bits per heavy atom. The molecular weight excluding hydrogens is 176 g/mol. The van der Waals surface area contributed by atoms with Gasteiger partial charge in [0.05, 0.1) is 0 Å². The first-order valence-electron chi connectivity index (χ1n) is 4.95. The van der Waals surface area contributed by atoms with Gasteiger partial charge in [-0.25, -0.2) is 0 Å². The van der Waals surface area contributed by atoms with E-state index in [0.29, 0.717) is 12.6 Å². The van der Waals surface area contributed by atoms with Crippen LogP contribution in [-0.4, -0.2) is 16.8 Å². The van der Waals surface area contributed by atoms with Gasteiger partial charge in [0.25, 0.3) is 5.91 Å². The molecule has 1 saturated carbocycles. The Kier molecular flexibility index (Phi) is 1.40. The van der Waals surface area contributed by atoms with Crippen LogP contribution in [-0.2, 0) is 6.54 Å². The zero-order valence-electron chi connectivity index (χ0n) is 7.86. The number of nitrogens with two attached hydrogens (primary N) is 1. The summed E-state index contributed by atoms with van der Waals surface area (Å²) in [5.74, 6) is 0.162. The molecule has 2 aliphatic rings. The highest BCUT2D eigenvalue weighted by molar-refractivity contribution is 6.00. The molecule has 1 aliphatic carbocycles. The number of nitrogens with zero attached hydrogens (tertiary/aromatic N) is 1. The summed E-state index contributed by atoms with van der Waals surface area (Å²) in [4.78, 5) is 13.8. The lowest BCUT2D eigenvalue weighted by atomic mass is 10.1. The number of hydrogen-bond donors (Lipinski definition) is 1. The molecular formula is C11H12N2O. The van der Waals surface area contributed by atoms with Gasteiger partial charge >= 0.3 is 0 Å². The summed E-state index contributed by atoms with van der Waals surface area (Å²) < 4.78 is 0. The van der Waals surface area contributed by atoms with E-state index in [1.807, 2.05) is 23.1 Å². The van der Waals surface area contributed by atoms with E-state index in [9.17, 15) is 4.79 Å². The molecule has 0 spiro atoms. The maximum Gasteiger partial charge on any atom is 0.254 e. The summed E-state index contributed by atoms with van der Waals surface area (Å²) in [5, 5.41) is 0. The van der Waals surface area contributed by atoms with Gasteiger partial charge in [0.15, 0.2) is 0 Å². The molecule has 72 valence electrons. The van der Waals surface area contributed by atoms with Crippen LogP contribution >= 0.6 is 0 Å². The molecule has 1 amide bonds. The average molecular weight is 188 g/mol. The van der Waals surface area contributed by atoms with Gasteiger partial charge in [-0.1, -0.05) is 6.07 Å². The van der Waals surface area contributed by atoms with Crippen molar-refractivity contribution in [2.75, 3.05) is 5.73 Å². The van der Waals surface area contributed by atoms with E-state index in [2.05, 4.69) is 0 Å². The maximum absolute atomic E-state index is 11.9. The lowest BCUT2D eigenvalue weighted by Crippen LogP contribution is -2.25. The van der Waals surface area contributed by atoms with E-state index in [1.54, 1.807) is 0 Å². The van der Waals surface area contributed by atoms with Gasteiger partial charge in [0, 0.05) is 29.4 Å². The standard InChI is InChI=1S/C11H12N2O/c12-10-3-1-2-8-9(10)6-13(11(8)14)7-4-5-7/h1-3,7H,4-6,12H2. The van der Waals surface area contributed by atoms with Gasteiger partial charge in [-0.05, 0) is 25.0 Å². The normalized spacial score (nSPS) is 20.0. The number of carbonyl (C=O) groups excluding carboxylic acids is 1. The van der Waals surface area contributed by atoms with Gasteiger partial charge in [0.2, 0.25) is 0 Å². The van der Waals surface area contributed by atoms with Crippen LogP contribution in [0.1, 0.15) is 28.8 Å². The highest BCUT2D eigenvalue weighted by atomic mass is 16.2. The number of hydrogen-bond acceptors (Lipinski definition) is 2. The number of nitrogen functional groups attached to an aromatic ring is 1. The molecule has 0 radical (unpaired) electrons. The fourth-order valence-corrected chi connectivity index (χ4v) is 2.06. The first-order chi connectivity index (χ1) is 6.77. The third-order valence-corrected chi connectivity index (χ3v) is 3.02. The van der Waals surface area contributed by atoms with Gasteiger partial charge in [0.1, 0.15) is 0 Å². The average Bonchev–Trinajstić information content (AvgIpc) is 2.94. The molecule has 1 fully saturated rings. The molecule has 2 N–H and O–H groups in total. The predicted molar refractivity (Wildman–Crippen MR) is 53.7 cm³/mol. The first kappa shape index (κ1) is 7.85. The SMILES string of the molecule is Nc1cccc2c1CN(C1CC1)C2=O. The predicted octanol–water partition coefficient (Wildman–Crippen LogP) is 1.39. The first-order valence-corrected chi connectivity index (χ1v) is 4.95. The van der Waals surface area contributed by atoms with Crippen LogP contribution in [0.3, 0.4) is 0 Å². The minimum atomic E-state index is 0.162. The van der Waals surface area contributed by atoms with Crippen LogP contribution in [0.5, 0.6) is 0 Å². The molecule has 0 saturated heterocycles. The second kappa shape index (κ2) is 2.50. The second-order valence-electron chi connectivity index (χ2n) is 4.04. The third-order valence-electron chi connectivity index (χ3n) is 3.02. The minimum absolute atomic E-state index is 0.162. The van der Waals surface area contributed by atoms with E-state index in [0.717, 1.165) is 29.7 Å². The molecule has 1 heterocycles. The number of anilines is 1. The molecule has 0 aromatic heterocycles. The molecule has 1 aromatic rings. The summed E-state index contributed by atoms with van der Waals surface area (Å²) in [6, 6.07) is 6.07. The minimum Gasteiger partial charge on any atom is -0.398 e. The van der Waals surface area contributed by atoms with Crippen LogP contribution in [0.2, 0.25) is 0 Å². The Balaban J connectivity index is 2.05. The van der Waals surface area contributed by atoms with E-state index in [4.69, 9.17) is 5.73 Å². The second-order valence-corrected chi connectivity index (χ2v) is 4.04. The zero-order chi connectivity index (χ0) is 9.71. The van der Waals surface area contributed by atoms with Crippen molar-refractivity contribution in [1.29, 1.82) is 0 Å². The lowest BCUT2D eigenvalue weighted by molar-refractivity contribution is 0.0767. The van der Waals surface area contributed by atoms with Crippen molar-refractivity contribution in [1.82, 2.24) is 4.90 Å². The van der Waals surface area contributed by atoms with Crippen molar-refractivity contribution in [3.8, 4) is 0 Å². The fourth-order valence-electron chi connectivity index (χ4n) is 2.06. The molecule has 14 heavy (non-hydrogen) atoms.